The standard InChI is InChI=1S/C13H16N2O2S2/c1-10-3-4-11(8-14)7-13(10)19(16,17)15(2)12-5-6-18-9-12/h3-4,7,12H,5-6,9H2,1-2H3. The third-order valence-electron chi connectivity index (χ3n) is 3.39. The summed E-state index contributed by atoms with van der Waals surface area (Å²) in [6, 6.07) is 6.83. The smallest absolute Gasteiger partial charge is 0.207 e. The van der Waals surface area contributed by atoms with Crippen molar-refractivity contribution in [2.75, 3.05) is 18.6 Å². The SMILES string of the molecule is Cc1ccc(C#N)cc1S(=O)(=O)N(C)C1CCSC1. The van der Waals surface area contributed by atoms with Gasteiger partial charge >= 0.3 is 0 Å². The van der Waals surface area contributed by atoms with Gasteiger partial charge in [-0.05, 0) is 36.8 Å². The largest absolute Gasteiger partial charge is 0.243 e. The minimum Gasteiger partial charge on any atom is -0.207 e. The molecule has 0 saturated carbocycles. The molecule has 0 radical (unpaired) electrons. The summed E-state index contributed by atoms with van der Waals surface area (Å²) in [5, 5.41) is 8.91. The van der Waals surface area contributed by atoms with Crippen LogP contribution in [-0.4, -0.2) is 37.3 Å². The molecule has 19 heavy (non-hydrogen) atoms. The molecule has 0 amide bonds. The molecule has 102 valence electrons. The van der Waals surface area contributed by atoms with Gasteiger partial charge in [-0.1, -0.05) is 6.07 Å². The molecule has 0 aromatic heterocycles. The third kappa shape index (κ3) is 2.78. The molecule has 1 unspecified atom stereocenters. The Labute approximate surface area is 118 Å². The van der Waals surface area contributed by atoms with E-state index in [1.165, 1.54) is 10.4 Å². The number of nitriles is 1. The maximum atomic E-state index is 12.6. The summed E-state index contributed by atoms with van der Waals surface area (Å²) in [4.78, 5) is 0.242. The van der Waals surface area contributed by atoms with Crippen LogP contribution in [-0.2, 0) is 10.0 Å². The zero-order valence-electron chi connectivity index (χ0n) is 11.0. The highest BCUT2D eigenvalue weighted by Crippen LogP contribution is 2.27. The average molecular weight is 296 g/mol. The molecule has 0 N–H and O–H groups in total. The highest BCUT2D eigenvalue weighted by Gasteiger charge is 2.31. The highest BCUT2D eigenvalue weighted by atomic mass is 32.2. The first-order valence-electron chi connectivity index (χ1n) is 6.03. The number of sulfonamides is 1. The molecule has 1 atom stereocenters. The van der Waals surface area contributed by atoms with Gasteiger partial charge in [0.1, 0.15) is 0 Å². The predicted molar refractivity (Wildman–Crippen MR) is 76.6 cm³/mol. The summed E-state index contributed by atoms with van der Waals surface area (Å²) in [6.45, 7) is 1.76. The summed E-state index contributed by atoms with van der Waals surface area (Å²) >= 11 is 1.78. The number of nitrogens with zero attached hydrogens (tertiary/aromatic N) is 2. The number of hydrogen-bond donors (Lipinski definition) is 0. The minimum atomic E-state index is -3.52. The lowest BCUT2D eigenvalue weighted by Crippen LogP contribution is -2.37. The van der Waals surface area contributed by atoms with Crippen LogP contribution in [0.5, 0.6) is 0 Å². The molecular formula is C13H16N2O2S2. The van der Waals surface area contributed by atoms with Crippen LogP contribution < -0.4 is 0 Å². The van der Waals surface area contributed by atoms with Gasteiger partial charge in [0.2, 0.25) is 10.0 Å². The number of hydrogen-bond acceptors (Lipinski definition) is 4. The van der Waals surface area contributed by atoms with E-state index in [1.807, 2.05) is 6.07 Å². The van der Waals surface area contributed by atoms with Crippen LogP contribution >= 0.6 is 11.8 Å². The van der Waals surface area contributed by atoms with E-state index in [4.69, 9.17) is 5.26 Å². The molecule has 0 aliphatic carbocycles. The van der Waals surface area contributed by atoms with E-state index >= 15 is 0 Å². The molecule has 1 fully saturated rings. The van der Waals surface area contributed by atoms with Gasteiger partial charge in [0, 0.05) is 18.8 Å². The van der Waals surface area contributed by atoms with Crippen molar-refractivity contribution in [2.24, 2.45) is 0 Å². The highest BCUT2D eigenvalue weighted by molar-refractivity contribution is 7.99. The van der Waals surface area contributed by atoms with E-state index in [2.05, 4.69) is 0 Å². The van der Waals surface area contributed by atoms with Crippen LogP contribution in [0.4, 0.5) is 0 Å². The number of benzene rings is 1. The first-order valence-corrected chi connectivity index (χ1v) is 8.63. The van der Waals surface area contributed by atoms with Gasteiger partial charge in [-0.25, -0.2) is 8.42 Å². The average Bonchev–Trinajstić information content (AvgIpc) is 2.92. The molecule has 1 aliphatic rings. The molecule has 0 spiro atoms. The topological polar surface area (TPSA) is 61.2 Å². The second-order valence-corrected chi connectivity index (χ2v) is 7.75. The van der Waals surface area contributed by atoms with Crippen molar-refractivity contribution < 1.29 is 8.42 Å². The molecule has 1 heterocycles. The van der Waals surface area contributed by atoms with E-state index in [0.29, 0.717) is 11.1 Å². The first-order chi connectivity index (χ1) is 8.96. The summed E-state index contributed by atoms with van der Waals surface area (Å²) in [5.74, 6) is 1.84. The van der Waals surface area contributed by atoms with E-state index in [9.17, 15) is 8.42 Å². The normalized spacial score (nSPS) is 19.6. The zero-order valence-corrected chi connectivity index (χ0v) is 12.6. The zero-order chi connectivity index (χ0) is 14.0. The van der Waals surface area contributed by atoms with Crippen LogP contribution in [0.25, 0.3) is 0 Å². The van der Waals surface area contributed by atoms with Crippen LogP contribution in [0.15, 0.2) is 23.1 Å². The summed E-state index contributed by atoms with van der Waals surface area (Å²) in [6.07, 6.45) is 0.886. The van der Waals surface area contributed by atoms with Gasteiger partial charge in [-0.3, -0.25) is 0 Å². The molecule has 1 aromatic carbocycles. The predicted octanol–water partition coefficient (Wildman–Crippen LogP) is 1.99. The summed E-state index contributed by atoms with van der Waals surface area (Å²) < 4.78 is 26.7. The Morgan fingerprint density at radius 1 is 1.47 bits per heavy atom. The van der Waals surface area contributed by atoms with E-state index in [0.717, 1.165) is 17.9 Å². The van der Waals surface area contributed by atoms with Crippen LogP contribution in [0.3, 0.4) is 0 Å². The quantitative estimate of drug-likeness (QED) is 0.856. The lowest BCUT2D eigenvalue weighted by Gasteiger charge is -2.24. The molecule has 1 saturated heterocycles. The van der Waals surface area contributed by atoms with Crippen molar-refractivity contribution in [3.63, 3.8) is 0 Å². The molecule has 6 heteroatoms. The number of thioether (sulfide) groups is 1. The maximum absolute atomic E-state index is 12.6. The monoisotopic (exact) mass is 296 g/mol. The Balaban J connectivity index is 2.41. The number of aryl methyl sites for hydroxylation is 1. The summed E-state index contributed by atoms with van der Waals surface area (Å²) in [7, 11) is -1.89. The van der Waals surface area contributed by atoms with Gasteiger partial charge in [0.15, 0.2) is 0 Å². The van der Waals surface area contributed by atoms with Crippen molar-refractivity contribution in [3.8, 4) is 6.07 Å². The fourth-order valence-corrected chi connectivity index (χ4v) is 5.10. The Bertz CT molecular complexity index is 614. The van der Waals surface area contributed by atoms with E-state index in [1.54, 1.807) is 37.9 Å². The van der Waals surface area contributed by atoms with Crippen molar-refractivity contribution in [1.29, 1.82) is 5.26 Å². The van der Waals surface area contributed by atoms with Crippen LogP contribution in [0.1, 0.15) is 17.5 Å². The molecular weight excluding hydrogens is 280 g/mol. The molecule has 0 bridgehead atoms. The van der Waals surface area contributed by atoms with Crippen molar-refractivity contribution >= 4 is 21.8 Å². The molecule has 1 aliphatic heterocycles. The van der Waals surface area contributed by atoms with Gasteiger partial charge < -0.3 is 0 Å². The molecule has 4 nitrogen and oxygen atoms in total. The lowest BCUT2D eigenvalue weighted by molar-refractivity contribution is 0.394. The fourth-order valence-electron chi connectivity index (χ4n) is 2.11. The van der Waals surface area contributed by atoms with Gasteiger partial charge in [-0.2, -0.15) is 21.3 Å². The molecule has 2 rings (SSSR count). The number of rotatable bonds is 3. The fraction of sp³-hybridized carbons (Fsp3) is 0.462. The molecule has 1 aromatic rings. The maximum Gasteiger partial charge on any atom is 0.243 e. The Morgan fingerprint density at radius 3 is 2.79 bits per heavy atom. The van der Waals surface area contributed by atoms with Crippen molar-refractivity contribution in [2.45, 2.75) is 24.3 Å². The van der Waals surface area contributed by atoms with E-state index < -0.39 is 10.0 Å². The van der Waals surface area contributed by atoms with Gasteiger partial charge in [0.25, 0.3) is 0 Å². The lowest BCUT2D eigenvalue weighted by atomic mass is 10.2. The van der Waals surface area contributed by atoms with Crippen molar-refractivity contribution in [3.05, 3.63) is 29.3 Å². The van der Waals surface area contributed by atoms with Crippen LogP contribution in [0.2, 0.25) is 0 Å². The Morgan fingerprint density at radius 2 is 2.21 bits per heavy atom. The van der Waals surface area contributed by atoms with Gasteiger partial charge in [0.05, 0.1) is 16.5 Å². The Hall–Kier alpha value is -1.03. The second-order valence-electron chi connectivity index (χ2n) is 4.63. The second kappa shape index (κ2) is 5.53. The van der Waals surface area contributed by atoms with E-state index in [-0.39, 0.29) is 10.9 Å². The van der Waals surface area contributed by atoms with Crippen molar-refractivity contribution in [1.82, 2.24) is 4.31 Å². The van der Waals surface area contributed by atoms with Crippen LogP contribution in [0, 0.1) is 18.3 Å². The minimum absolute atomic E-state index is 0.0557. The van der Waals surface area contributed by atoms with Gasteiger partial charge in [-0.15, -0.1) is 0 Å². The third-order valence-corrected chi connectivity index (χ3v) is 6.59. The first kappa shape index (κ1) is 14.4. The Kier molecular flexibility index (Phi) is 4.19. The summed E-state index contributed by atoms with van der Waals surface area (Å²) in [5.41, 5.74) is 1.05.